The quantitative estimate of drug-likeness (QED) is 0.790. The maximum absolute atomic E-state index is 11.9. The van der Waals surface area contributed by atoms with E-state index in [2.05, 4.69) is 5.32 Å². The zero-order chi connectivity index (χ0) is 12.9. The number of aliphatic carboxylic acids is 1. The fourth-order valence-electron chi connectivity index (χ4n) is 2.28. The van der Waals surface area contributed by atoms with Crippen LogP contribution >= 0.6 is 0 Å². The molecule has 0 spiro atoms. The van der Waals surface area contributed by atoms with Gasteiger partial charge in [-0.3, -0.25) is 4.79 Å². The average molecular weight is 242 g/mol. The molecular weight excluding hydrogens is 220 g/mol. The molecule has 0 radical (unpaired) electrons. The van der Waals surface area contributed by atoms with Crippen molar-refractivity contribution in [2.45, 2.75) is 51.5 Å². The van der Waals surface area contributed by atoms with E-state index in [1.54, 1.807) is 6.92 Å². The van der Waals surface area contributed by atoms with Crippen LogP contribution in [0, 0.1) is 0 Å². The lowest BCUT2D eigenvalue weighted by Gasteiger charge is -2.36. The number of hydrogen-bond donors (Lipinski definition) is 2. The fraction of sp³-hybridized carbons (Fsp3) is 0.833. The Balaban J connectivity index is 2.53. The van der Waals surface area contributed by atoms with E-state index >= 15 is 0 Å². The van der Waals surface area contributed by atoms with Gasteiger partial charge in [-0.25, -0.2) is 4.79 Å². The number of hydrogen-bond acceptors (Lipinski definition) is 2. The van der Waals surface area contributed by atoms with Crippen LogP contribution in [0.3, 0.4) is 0 Å². The minimum absolute atomic E-state index is 0.165. The van der Waals surface area contributed by atoms with Gasteiger partial charge in [-0.1, -0.05) is 19.3 Å². The van der Waals surface area contributed by atoms with E-state index in [0.29, 0.717) is 6.54 Å². The Labute approximate surface area is 102 Å². The lowest BCUT2D eigenvalue weighted by Crippen LogP contribution is -2.53. The lowest BCUT2D eigenvalue weighted by molar-refractivity contribution is -0.137. The number of nitrogens with zero attached hydrogens (tertiary/aromatic N) is 1. The third kappa shape index (κ3) is 4.24. The fourth-order valence-corrected chi connectivity index (χ4v) is 2.28. The summed E-state index contributed by atoms with van der Waals surface area (Å²) < 4.78 is 0. The predicted molar refractivity (Wildman–Crippen MR) is 64.9 cm³/mol. The molecule has 2 N–H and O–H groups in total. The third-order valence-electron chi connectivity index (χ3n) is 3.36. The number of carboxylic acids is 1. The summed E-state index contributed by atoms with van der Waals surface area (Å²) in [6.45, 7) is 4.00. The van der Waals surface area contributed by atoms with Crippen molar-refractivity contribution in [1.29, 1.82) is 0 Å². The summed E-state index contributed by atoms with van der Waals surface area (Å²) in [5.41, 5.74) is -0.165. The van der Waals surface area contributed by atoms with Crippen molar-refractivity contribution >= 4 is 12.0 Å². The van der Waals surface area contributed by atoms with Gasteiger partial charge >= 0.3 is 12.0 Å². The number of carbonyl (C=O) groups excluding carboxylic acids is 1. The molecule has 0 atom stereocenters. The van der Waals surface area contributed by atoms with E-state index in [9.17, 15) is 9.59 Å². The monoisotopic (exact) mass is 242 g/mol. The van der Waals surface area contributed by atoms with E-state index in [1.807, 2.05) is 6.92 Å². The van der Waals surface area contributed by atoms with Gasteiger partial charge in [-0.2, -0.15) is 0 Å². The summed E-state index contributed by atoms with van der Waals surface area (Å²) in [7, 11) is 0. The highest BCUT2D eigenvalue weighted by atomic mass is 16.4. The summed E-state index contributed by atoms with van der Waals surface area (Å²) in [5.74, 6) is -0.976. The van der Waals surface area contributed by atoms with Crippen molar-refractivity contribution in [3.8, 4) is 0 Å². The molecule has 17 heavy (non-hydrogen) atoms. The molecule has 1 saturated carbocycles. The largest absolute Gasteiger partial charge is 0.480 e. The van der Waals surface area contributed by atoms with Gasteiger partial charge < -0.3 is 15.3 Å². The number of nitrogens with one attached hydrogen (secondary N) is 1. The number of rotatable bonds is 4. The molecule has 0 aromatic heterocycles. The standard InChI is InChI=1S/C12H22N2O3/c1-3-14(9-10(15)16)11(17)13-12(2)7-5-4-6-8-12/h3-9H2,1-2H3,(H,13,17)(H,15,16). The van der Waals surface area contributed by atoms with E-state index in [4.69, 9.17) is 5.11 Å². The van der Waals surface area contributed by atoms with Crippen LogP contribution in [0.1, 0.15) is 46.0 Å². The van der Waals surface area contributed by atoms with Gasteiger partial charge in [-0.05, 0) is 26.7 Å². The zero-order valence-corrected chi connectivity index (χ0v) is 10.7. The van der Waals surface area contributed by atoms with Gasteiger partial charge in [0.05, 0.1) is 0 Å². The lowest BCUT2D eigenvalue weighted by atomic mass is 9.83. The molecule has 1 rings (SSSR count). The van der Waals surface area contributed by atoms with Gasteiger partial charge in [0.25, 0.3) is 0 Å². The molecule has 0 saturated heterocycles. The van der Waals surface area contributed by atoms with Gasteiger partial charge in [0, 0.05) is 12.1 Å². The minimum Gasteiger partial charge on any atom is -0.480 e. The molecule has 98 valence electrons. The second-order valence-electron chi connectivity index (χ2n) is 4.96. The van der Waals surface area contributed by atoms with E-state index in [0.717, 1.165) is 25.7 Å². The second kappa shape index (κ2) is 5.89. The number of likely N-dealkylation sites (N-methyl/N-ethyl adjacent to an activating group) is 1. The van der Waals surface area contributed by atoms with Crippen molar-refractivity contribution in [1.82, 2.24) is 10.2 Å². The third-order valence-corrected chi connectivity index (χ3v) is 3.36. The molecule has 0 aliphatic heterocycles. The normalized spacial score (nSPS) is 18.5. The summed E-state index contributed by atoms with van der Waals surface area (Å²) in [5, 5.41) is 11.7. The topological polar surface area (TPSA) is 69.6 Å². The van der Waals surface area contributed by atoms with Crippen LogP contribution in [0.25, 0.3) is 0 Å². The summed E-state index contributed by atoms with van der Waals surface area (Å²) in [6, 6.07) is -0.265. The van der Waals surface area contributed by atoms with Crippen molar-refractivity contribution in [2.24, 2.45) is 0 Å². The van der Waals surface area contributed by atoms with Gasteiger partial charge in [0.1, 0.15) is 6.54 Å². The van der Waals surface area contributed by atoms with E-state index in [-0.39, 0.29) is 18.1 Å². The number of urea groups is 1. The molecule has 2 amide bonds. The first kappa shape index (κ1) is 13.8. The zero-order valence-electron chi connectivity index (χ0n) is 10.7. The summed E-state index contributed by atoms with van der Waals surface area (Å²) in [6.07, 6.45) is 5.43. The van der Waals surface area contributed by atoms with Crippen LogP contribution in [0.15, 0.2) is 0 Å². The Kier molecular flexibility index (Phi) is 4.78. The SMILES string of the molecule is CCN(CC(=O)O)C(=O)NC1(C)CCCCC1. The maximum Gasteiger partial charge on any atom is 0.323 e. The molecule has 0 unspecified atom stereocenters. The Hall–Kier alpha value is -1.26. The van der Waals surface area contributed by atoms with Crippen LogP contribution in [-0.4, -0.2) is 40.6 Å². The molecule has 5 heteroatoms. The molecule has 5 nitrogen and oxygen atoms in total. The van der Waals surface area contributed by atoms with E-state index < -0.39 is 5.97 Å². The maximum atomic E-state index is 11.9. The van der Waals surface area contributed by atoms with Crippen LogP contribution in [0.2, 0.25) is 0 Å². The predicted octanol–water partition coefficient (Wildman–Crippen LogP) is 1.83. The van der Waals surface area contributed by atoms with Crippen molar-refractivity contribution in [3.05, 3.63) is 0 Å². The number of carbonyl (C=O) groups is 2. The molecular formula is C12H22N2O3. The second-order valence-corrected chi connectivity index (χ2v) is 4.96. The van der Waals surface area contributed by atoms with Crippen LogP contribution in [-0.2, 0) is 4.79 Å². The van der Waals surface area contributed by atoms with Crippen LogP contribution in [0.5, 0.6) is 0 Å². The Morgan fingerprint density at radius 3 is 2.35 bits per heavy atom. The highest BCUT2D eigenvalue weighted by Crippen LogP contribution is 2.27. The molecule has 1 fully saturated rings. The van der Waals surface area contributed by atoms with Gasteiger partial charge in [-0.15, -0.1) is 0 Å². The van der Waals surface area contributed by atoms with Crippen molar-refractivity contribution < 1.29 is 14.7 Å². The molecule has 0 heterocycles. The highest BCUT2D eigenvalue weighted by molar-refractivity contribution is 5.80. The summed E-state index contributed by atoms with van der Waals surface area (Å²) in [4.78, 5) is 23.9. The minimum atomic E-state index is -0.976. The summed E-state index contributed by atoms with van der Waals surface area (Å²) >= 11 is 0. The number of amides is 2. The Morgan fingerprint density at radius 1 is 1.29 bits per heavy atom. The molecule has 0 aromatic carbocycles. The number of carboxylic acid groups (broad SMARTS) is 1. The first-order valence-corrected chi connectivity index (χ1v) is 6.26. The molecule has 1 aliphatic rings. The first-order chi connectivity index (χ1) is 7.97. The average Bonchev–Trinajstić information content (AvgIpc) is 2.25. The highest BCUT2D eigenvalue weighted by Gasteiger charge is 2.30. The van der Waals surface area contributed by atoms with E-state index in [1.165, 1.54) is 11.3 Å². The van der Waals surface area contributed by atoms with Gasteiger partial charge in [0.2, 0.25) is 0 Å². The van der Waals surface area contributed by atoms with Crippen molar-refractivity contribution in [3.63, 3.8) is 0 Å². The van der Waals surface area contributed by atoms with Crippen molar-refractivity contribution in [2.75, 3.05) is 13.1 Å². The first-order valence-electron chi connectivity index (χ1n) is 6.26. The van der Waals surface area contributed by atoms with Crippen LogP contribution < -0.4 is 5.32 Å². The smallest absolute Gasteiger partial charge is 0.323 e. The molecule has 0 bridgehead atoms. The van der Waals surface area contributed by atoms with Crippen LogP contribution in [0.4, 0.5) is 4.79 Å². The Bertz CT molecular complexity index is 285. The van der Waals surface area contributed by atoms with Gasteiger partial charge in [0.15, 0.2) is 0 Å². The Morgan fingerprint density at radius 2 is 1.88 bits per heavy atom. The molecule has 1 aliphatic carbocycles. The molecule has 0 aromatic rings.